The normalized spacial score (nSPS) is 13.0. The summed E-state index contributed by atoms with van der Waals surface area (Å²) in [6, 6.07) is 0. The van der Waals surface area contributed by atoms with Crippen molar-refractivity contribution < 1.29 is 4.74 Å². The average Bonchev–Trinajstić information content (AvgIpc) is 2.76. The molecular formula is C29H58O. The van der Waals surface area contributed by atoms with Crippen molar-refractivity contribution in [2.45, 2.75) is 163 Å². The van der Waals surface area contributed by atoms with E-state index < -0.39 is 0 Å². The highest BCUT2D eigenvalue weighted by molar-refractivity contribution is 4.91. The van der Waals surface area contributed by atoms with Gasteiger partial charge in [0, 0.05) is 0 Å². The Balaban J connectivity index is 3.85. The molecule has 0 saturated carbocycles. The maximum Gasteiger partial charge on any atom is 0.0901 e. The van der Waals surface area contributed by atoms with Crippen LogP contribution in [0, 0.1) is 5.92 Å². The lowest BCUT2D eigenvalue weighted by Crippen LogP contribution is -2.08. The van der Waals surface area contributed by atoms with Gasteiger partial charge in [-0.1, -0.05) is 136 Å². The SMILES string of the molecule is CCCCCCCCCCCCC(CCCCCCCCCC)CO/C=C(\C)CC. The first-order valence-electron chi connectivity index (χ1n) is 14.0. The predicted molar refractivity (Wildman–Crippen MR) is 137 cm³/mol. The van der Waals surface area contributed by atoms with E-state index >= 15 is 0 Å². The summed E-state index contributed by atoms with van der Waals surface area (Å²) in [5.41, 5.74) is 1.36. The van der Waals surface area contributed by atoms with Gasteiger partial charge in [0.15, 0.2) is 0 Å². The summed E-state index contributed by atoms with van der Waals surface area (Å²) < 4.78 is 5.95. The zero-order valence-corrected chi connectivity index (χ0v) is 21.6. The molecule has 0 aromatic heterocycles. The van der Waals surface area contributed by atoms with E-state index in [9.17, 15) is 0 Å². The van der Waals surface area contributed by atoms with Crippen molar-refractivity contribution in [3.63, 3.8) is 0 Å². The monoisotopic (exact) mass is 422 g/mol. The van der Waals surface area contributed by atoms with Gasteiger partial charge in [-0.3, -0.25) is 0 Å². The Morgan fingerprint density at radius 3 is 1.30 bits per heavy atom. The van der Waals surface area contributed by atoms with Gasteiger partial charge in [-0.15, -0.1) is 0 Å². The lowest BCUT2D eigenvalue weighted by molar-refractivity contribution is 0.174. The molecule has 0 aliphatic carbocycles. The fraction of sp³-hybridized carbons (Fsp3) is 0.931. The van der Waals surface area contributed by atoms with Crippen LogP contribution in [0.25, 0.3) is 0 Å². The van der Waals surface area contributed by atoms with Crippen molar-refractivity contribution in [3.8, 4) is 0 Å². The second kappa shape index (κ2) is 24.8. The lowest BCUT2D eigenvalue weighted by atomic mass is 9.94. The number of unbranched alkanes of at least 4 members (excludes halogenated alkanes) is 16. The van der Waals surface area contributed by atoms with Crippen LogP contribution in [-0.2, 0) is 4.74 Å². The summed E-state index contributed by atoms with van der Waals surface area (Å²) in [5.74, 6) is 0.764. The molecule has 30 heavy (non-hydrogen) atoms. The maximum absolute atomic E-state index is 5.95. The fourth-order valence-corrected chi connectivity index (χ4v) is 4.21. The third kappa shape index (κ3) is 22.2. The van der Waals surface area contributed by atoms with E-state index in [4.69, 9.17) is 4.74 Å². The molecule has 0 aliphatic heterocycles. The largest absolute Gasteiger partial charge is 0.501 e. The van der Waals surface area contributed by atoms with E-state index in [2.05, 4.69) is 27.7 Å². The van der Waals surface area contributed by atoms with Crippen molar-refractivity contribution in [2.75, 3.05) is 6.61 Å². The molecule has 0 N–H and O–H groups in total. The summed E-state index contributed by atoms with van der Waals surface area (Å²) in [7, 11) is 0. The van der Waals surface area contributed by atoms with E-state index in [1.165, 1.54) is 134 Å². The smallest absolute Gasteiger partial charge is 0.0901 e. The van der Waals surface area contributed by atoms with Gasteiger partial charge in [-0.2, -0.15) is 0 Å². The Morgan fingerprint density at radius 2 is 0.933 bits per heavy atom. The standard InChI is InChI=1S/C29H58O/c1-5-8-10-12-14-16-17-19-21-23-25-29(27-30-26-28(4)7-3)24-22-20-18-15-13-11-9-6-2/h26,29H,5-25,27H2,1-4H3/b28-26+. The third-order valence-corrected chi connectivity index (χ3v) is 6.61. The second-order valence-electron chi connectivity index (χ2n) is 9.75. The molecule has 0 aromatic carbocycles. The van der Waals surface area contributed by atoms with Crippen molar-refractivity contribution in [3.05, 3.63) is 11.8 Å². The van der Waals surface area contributed by atoms with Gasteiger partial charge in [-0.05, 0) is 37.7 Å². The number of hydrogen-bond donors (Lipinski definition) is 0. The van der Waals surface area contributed by atoms with Crippen molar-refractivity contribution in [1.82, 2.24) is 0 Å². The highest BCUT2D eigenvalue weighted by Crippen LogP contribution is 2.20. The lowest BCUT2D eigenvalue weighted by Gasteiger charge is -2.17. The number of hydrogen-bond acceptors (Lipinski definition) is 1. The molecule has 0 saturated heterocycles. The molecule has 0 spiro atoms. The minimum Gasteiger partial charge on any atom is -0.501 e. The first kappa shape index (κ1) is 29.5. The minimum absolute atomic E-state index is 0.764. The number of allylic oxidation sites excluding steroid dienone is 1. The van der Waals surface area contributed by atoms with Crippen LogP contribution in [0.2, 0.25) is 0 Å². The molecule has 0 heterocycles. The Bertz CT molecular complexity index is 346. The van der Waals surface area contributed by atoms with Crippen LogP contribution >= 0.6 is 0 Å². The predicted octanol–water partition coefficient (Wildman–Crippen LogP) is 10.8. The molecule has 0 rings (SSSR count). The molecule has 1 nitrogen and oxygen atoms in total. The Hall–Kier alpha value is -0.460. The van der Waals surface area contributed by atoms with Gasteiger partial charge in [-0.25, -0.2) is 0 Å². The maximum atomic E-state index is 5.95. The van der Waals surface area contributed by atoms with Crippen molar-refractivity contribution in [2.24, 2.45) is 5.92 Å². The van der Waals surface area contributed by atoms with E-state index in [0.717, 1.165) is 18.9 Å². The molecule has 0 aliphatic rings. The summed E-state index contributed by atoms with van der Waals surface area (Å²) in [6.07, 6.45) is 31.5. The Kier molecular flexibility index (Phi) is 24.4. The fourth-order valence-electron chi connectivity index (χ4n) is 4.21. The van der Waals surface area contributed by atoms with Gasteiger partial charge in [0.05, 0.1) is 12.9 Å². The van der Waals surface area contributed by atoms with Gasteiger partial charge in [0.2, 0.25) is 0 Å². The molecule has 1 unspecified atom stereocenters. The topological polar surface area (TPSA) is 9.23 Å². The van der Waals surface area contributed by atoms with E-state index in [-0.39, 0.29) is 0 Å². The molecule has 0 aromatic rings. The molecule has 0 radical (unpaired) electrons. The summed E-state index contributed by atoms with van der Waals surface area (Å²) in [6.45, 7) is 9.92. The zero-order valence-electron chi connectivity index (χ0n) is 21.6. The third-order valence-electron chi connectivity index (χ3n) is 6.61. The first-order chi connectivity index (χ1) is 14.7. The summed E-state index contributed by atoms with van der Waals surface area (Å²) >= 11 is 0. The highest BCUT2D eigenvalue weighted by Gasteiger charge is 2.09. The number of ether oxygens (including phenoxy) is 1. The molecule has 0 fully saturated rings. The van der Waals surface area contributed by atoms with E-state index in [1.807, 2.05) is 6.26 Å². The molecule has 1 heteroatoms. The Morgan fingerprint density at radius 1 is 0.567 bits per heavy atom. The van der Waals surface area contributed by atoms with Crippen LogP contribution in [0.1, 0.15) is 163 Å². The molecule has 1 atom stereocenters. The van der Waals surface area contributed by atoms with Gasteiger partial charge < -0.3 is 4.74 Å². The summed E-state index contributed by atoms with van der Waals surface area (Å²) in [4.78, 5) is 0. The molecular weight excluding hydrogens is 364 g/mol. The Labute approximate surface area is 191 Å². The van der Waals surface area contributed by atoms with Crippen molar-refractivity contribution in [1.29, 1.82) is 0 Å². The summed E-state index contributed by atoms with van der Waals surface area (Å²) in [5, 5.41) is 0. The minimum atomic E-state index is 0.764. The zero-order chi connectivity index (χ0) is 22.1. The van der Waals surface area contributed by atoms with E-state index in [1.54, 1.807) is 0 Å². The molecule has 0 bridgehead atoms. The first-order valence-corrected chi connectivity index (χ1v) is 14.0. The quantitative estimate of drug-likeness (QED) is 0.111. The highest BCUT2D eigenvalue weighted by atomic mass is 16.5. The van der Waals surface area contributed by atoms with Gasteiger partial charge in [0.25, 0.3) is 0 Å². The van der Waals surface area contributed by atoms with E-state index in [0.29, 0.717) is 0 Å². The second-order valence-corrected chi connectivity index (χ2v) is 9.75. The van der Waals surface area contributed by atoms with Crippen molar-refractivity contribution >= 4 is 0 Å². The van der Waals surface area contributed by atoms with Crippen LogP contribution in [0.15, 0.2) is 11.8 Å². The molecule has 0 amide bonds. The van der Waals surface area contributed by atoms with Crippen LogP contribution in [0.5, 0.6) is 0 Å². The van der Waals surface area contributed by atoms with Gasteiger partial charge in [0.1, 0.15) is 0 Å². The van der Waals surface area contributed by atoms with Crippen LogP contribution < -0.4 is 0 Å². The van der Waals surface area contributed by atoms with Crippen LogP contribution in [-0.4, -0.2) is 6.61 Å². The van der Waals surface area contributed by atoms with Crippen LogP contribution in [0.4, 0.5) is 0 Å². The average molecular weight is 423 g/mol. The number of rotatable bonds is 24. The van der Waals surface area contributed by atoms with Gasteiger partial charge >= 0.3 is 0 Å². The molecule has 180 valence electrons. The van der Waals surface area contributed by atoms with Crippen LogP contribution in [0.3, 0.4) is 0 Å².